The van der Waals surface area contributed by atoms with Gasteiger partial charge in [-0.2, -0.15) is 0 Å². The van der Waals surface area contributed by atoms with Crippen molar-refractivity contribution in [2.45, 2.75) is 46.5 Å². The number of aryl methyl sites for hydroxylation is 2. The minimum Gasteiger partial charge on any atom is -0.457 e. The van der Waals surface area contributed by atoms with Crippen LogP contribution in [0.4, 0.5) is 11.4 Å². The SMILES string of the molecule is CCc1ccccc1NC(=O)COC(=O)[C@@H]1CC(=O)N(c2ccc(Oc3cc(C)ccc3C(C)C)cc2)C1. The third-order valence-corrected chi connectivity index (χ3v) is 6.64. The van der Waals surface area contributed by atoms with E-state index in [1.165, 1.54) is 0 Å². The summed E-state index contributed by atoms with van der Waals surface area (Å²) in [6.07, 6.45) is 0.812. The summed E-state index contributed by atoms with van der Waals surface area (Å²) in [5.74, 6) is 0.0416. The van der Waals surface area contributed by atoms with Crippen LogP contribution in [0.15, 0.2) is 66.7 Å². The maximum Gasteiger partial charge on any atom is 0.311 e. The molecule has 1 N–H and O–H groups in total. The summed E-state index contributed by atoms with van der Waals surface area (Å²) in [6, 6.07) is 20.9. The molecular weight excluding hydrogens is 480 g/mol. The standard InChI is InChI=1S/C31H34N2O5/c1-5-22-8-6-7-9-27(22)32-29(34)19-37-31(36)23-17-30(35)33(18-23)24-11-13-25(14-12-24)38-28-16-21(4)10-15-26(28)20(2)3/h6-16,20,23H,5,17-19H2,1-4H3,(H,32,34)/t23-/m1/s1. The number of anilines is 2. The van der Waals surface area contributed by atoms with Gasteiger partial charge in [0.2, 0.25) is 5.91 Å². The number of rotatable bonds is 9. The number of nitrogens with one attached hydrogen (secondary N) is 1. The first-order valence-corrected chi connectivity index (χ1v) is 13.0. The van der Waals surface area contributed by atoms with Crippen LogP contribution in [0.1, 0.15) is 49.8 Å². The van der Waals surface area contributed by atoms with E-state index in [0.29, 0.717) is 23.0 Å². The van der Waals surface area contributed by atoms with Crippen molar-refractivity contribution in [3.63, 3.8) is 0 Å². The van der Waals surface area contributed by atoms with Gasteiger partial charge in [0, 0.05) is 24.3 Å². The van der Waals surface area contributed by atoms with E-state index in [1.807, 2.05) is 68.4 Å². The maximum atomic E-state index is 12.7. The van der Waals surface area contributed by atoms with Crippen LogP contribution in [-0.2, 0) is 25.5 Å². The third-order valence-electron chi connectivity index (χ3n) is 6.64. The van der Waals surface area contributed by atoms with Crippen LogP contribution >= 0.6 is 0 Å². The van der Waals surface area contributed by atoms with Gasteiger partial charge in [-0.1, -0.05) is 51.1 Å². The Bertz CT molecular complexity index is 1320. The van der Waals surface area contributed by atoms with Crippen LogP contribution in [0.2, 0.25) is 0 Å². The van der Waals surface area contributed by atoms with Gasteiger partial charge in [-0.3, -0.25) is 14.4 Å². The molecule has 1 atom stereocenters. The molecular formula is C31H34N2O5. The number of para-hydroxylation sites is 1. The molecule has 3 aromatic rings. The van der Waals surface area contributed by atoms with E-state index in [4.69, 9.17) is 9.47 Å². The Balaban J connectivity index is 1.33. The molecule has 4 rings (SSSR count). The first kappa shape index (κ1) is 26.9. The van der Waals surface area contributed by atoms with E-state index in [-0.39, 0.29) is 18.9 Å². The second kappa shape index (κ2) is 11.9. The van der Waals surface area contributed by atoms with E-state index >= 15 is 0 Å². The van der Waals surface area contributed by atoms with Crippen molar-refractivity contribution in [1.82, 2.24) is 0 Å². The Morgan fingerprint density at radius 3 is 2.50 bits per heavy atom. The highest BCUT2D eigenvalue weighted by Gasteiger charge is 2.36. The summed E-state index contributed by atoms with van der Waals surface area (Å²) in [7, 11) is 0. The zero-order valence-electron chi connectivity index (χ0n) is 22.3. The normalized spacial score (nSPS) is 15.0. The predicted molar refractivity (Wildman–Crippen MR) is 148 cm³/mol. The second-order valence-electron chi connectivity index (χ2n) is 9.86. The molecule has 7 nitrogen and oxygen atoms in total. The molecule has 0 spiro atoms. The van der Waals surface area contributed by atoms with E-state index in [9.17, 15) is 14.4 Å². The molecule has 7 heteroatoms. The molecule has 0 bridgehead atoms. The third kappa shape index (κ3) is 6.40. The number of amides is 2. The largest absolute Gasteiger partial charge is 0.457 e. The monoisotopic (exact) mass is 514 g/mol. The van der Waals surface area contributed by atoms with Crippen LogP contribution in [0.3, 0.4) is 0 Å². The van der Waals surface area contributed by atoms with Crippen LogP contribution in [0, 0.1) is 12.8 Å². The Kier molecular flexibility index (Phi) is 8.46. The first-order chi connectivity index (χ1) is 18.2. The maximum absolute atomic E-state index is 12.7. The van der Waals surface area contributed by atoms with Crippen LogP contribution in [-0.4, -0.2) is 30.9 Å². The van der Waals surface area contributed by atoms with Gasteiger partial charge in [0.15, 0.2) is 6.61 Å². The van der Waals surface area contributed by atoms with Crippen LogP contribution in [0.5, 0.6) is 11.5 Å². The molecule has 1 aliphatic heterocycles. The molecule has 0 aromatic heterocycles. The van der Waals surface area contributed by atoms with Crippen molar-refractivity contribution in [1.29, 1.82) is 0 Å². The molecule has 0 radical (unpaired) electrons. The molecule has 0 aliphatic carbocycles. The zero-order chi connectivity index (χ0) is 27.2. The van der Waals surface area contributed by atoms with E-state index in [0.717, 1.165) is 28.9 Å². The van der Waals surface area contributed by atoms with E-state index in [2.05, 4.69) is 31.3 Å². The lowest BCUT2D eigenvalue weighted by molar-refractivity contribution is -0.151. The van der Waals surface area contributed by atoms with Gasteiger partial charge < -0.3 is 19.7 Å². The van der Waals surface area contributed by atoms with Gasteiger partial charge in [0.05, 0.1) is 5.92 Å². The van der Waals surface area contributed by atoms with Crippen LogP contribution < -0.4 is 15.0 Å². The molecule has 1 aliphatic rings. The summed E-state index contributed by atoms with van der Waals surface area (Å²) >= 11 is 0. The lowest BCUT2D eigenvalue weighted by atomic mass is 10.0. The first-order valence-electron chi connectivity index (χ1n) is 13.0. The molecule has 3 aromatic carbocycles. The summed E-state index contributed by atoms with van der Waals surface area (Å²) in [4.78, 5) is 39.2. The summed E-state index contributed by atoms with van der Waals surface area (Å²) in [6.45, 7) is 8.08. The molecule has 2 amide bonds. The van der Waals surface area contributed by atoms with Crippen LogP contribution in [0.25, 0.3) is 0 Å². The molecule has 38 heavy (non-hydrogen) atoms. The van der Waals surface area contributed by atoms with Crippen molar-refractivity contribution in [3.8, 4) is 11.5 Å². The number of benzene rings is 3. The number of ether oxygens (including phenoxy) is 2. The highest BCUT2D eigenvalue weighted by Crippen LogP contribution is 2.33. The molecule has 1 fully saturated rings. The Morgan fingerprint density at radius 2 is 1.79 bits per heavy atom. The average Bonchev–Trinajstić information content (AvgIpc) is 3.29. The fourth-order valence-corrected chi connectivity index (χ4v) is 4.53. The van der Waals surface area contributed by atoms with Crippen molar-refractivity contribution in [2.75, 3.05) is 23.4 Å². The van der Waals surface area contributed by atoms with Gasteiger partial charge in [-0.25, -0.2) is 0 Å². The van der Waals surface area contributed by atoms with Gasteiger partial charge >= 0.3 is 5.97 Å². The fraction of sp³-hybridized carbons (Fsp3) is 0.323. The molecule has 0 saturated carbocycles. The van der Waals surface area contributed by atoms with Crippen molar-refractivity contribution >= 4 is 29.2 Å². The van der Waals surface area contributed by atoms with Gasteiger partial charge in [0.25, 0.3) is 5.91 Å². The fourth-order valence-electron chi connectivity index (χ4n) is 4.53. The Morgan fingerprint density at radius 1 is 1.05 bits per heavy atom. The highest BCUT2D eigenvalue weighted by atomic mass is 16.5. The summed E-state index contributed by atoms with van der Waals surface area (Å²) in [5.41, 5.74) is 4.62. The number of nitrogens with zero attached hydrogens (tertiary/aromatic N) is 1. The average molecular weight is 515 g/mol. The lowest BCUT2D eigenvalue weighted by Crippen LogP contribution is -2.28. The predicted octanol–water partition coefficient (Wildman–Crippen LogP) is 6.01. The van der Waals surface area contributed by atoms with Crippen molar-refractivity contribution in [2.24, 2.45) is 5.92 Å². The molecule has 198 valence electrons. The summed E-state index contributed by atoms with van der Waals surface area (Å²) < 4.78 is 11.4. The zero-order valence-corrected chi connectivity index (χ0v) is 22.3. The minimum absolute atomic E-state index is 0.0401. The number of esters is 1. The molecule has 0 unspecified atom stereocenters. The summed E-state index contributed by atoms with van der Waals surface area (Å²) in [5, 5.41) is 2.78. The second-order valence-corrected chi connectivity index (χ2v) is 9.86. The van der Waals surface area contributed by atoms with Gasteiger partial charge in [-0.05, 0) is 72.4 Å². The highest BCUT2D eigenvalue weighted by molar-refractivity contribution is 6.00. The van der Waals surface area contributed by atoms with Crippen molar-refractivity contribution < 1.29 is 23.9 Å². The number of carbonyl (C=O) groups excluding carboxylic acids is 3. The Labute approximate surface area is 223 Å². The Hall–Kier alpha value is -4.13. The molecule has 1 heterocycles. The number of hydrogen-bond acceptors (Lipinski definition) is 5. The number of hydrogen-bond donors (Lipinski definition) is 1. The smallest absolute Gasteiger partial charge is 0.311 e. The number of carbonyl (C=O) groups is 3. The van der Waals surface area contributed by atoms with Gasteiger partial charge in [0.1, 0.15) is 11.5 Å². The van der Waals surface area contributed by atoms with E-state index in [1.54, 1.807) is 4.90 Å². The quantitative estimate of drug-likeness (QED) is 0.354. The lowest BCUT2D eigenvalue weighted by Gasteiger charge is -2.18. The van der Waals surface area contributed by atoms with Gasteiger partial charge in [-0.15, -0.1) is 0 Å². The minimum atomic E-state index is -0.630. The molecule has 1 saturated heterocycles. The topological polar surface area (TPSA) is 84.9 Å². The van der Waals surface area contributed by atoms with Crippen molar-refractivity contribution in [3.05, 3.63) is 83.4 Å². The van der Waals surface area contributed by atoms with E-state index < -0.39 is 24.4 Å².